The first-order valence-electron chi connectivity index (χ1n) is 4.22. The topological polar surface area (TPSA) is 55.5 Å². The highest BCUT2D eigenvalue weighted by molar-refractivity contribution is 5.45. The number of ether oxygens (including phenoxy) is 1. The number of methoxy groups -OCH3 is 1. The van der Waals surface area contributed by atoms with E-state index in [4.69, 9.17) is 15.6 Å². The Kier molecular flexibility index (Phi) is 2.66. The molecule has 4 heteroatoms. The smallest absolute Gasteiger partial charge is 0.206 e. The van der Waals surface area contributed by atoms with Gasteiger partial charge in [-0.05, 0) is 26.0 Å². The second-order valence-electron chi connectivity index (χ2n) is 3.70. The number of halogens is 1. The molecule has 0 amide bonds. The third-order valence-electron chi connectivity index (χ3n) is 1.98. The minimum atomic E-state index is -0.775. The first-order chi connectivity index (χ1) is 6.38. The van der Waals surface area contributed by atoms with Gasteiger partial charge in [0, 0.05) is 11.1 Å². The Morgan fingerprint density at radius 1 is 1.43 bits per heavy atom. The summed E-state index contributed by atoms with van der Waals surface area (Å²) in [6, 6.07) is 2.82. The van der Waals surface area contributed by atoms with Crippen molar-refractivity contribution in [2.75, 3.05) is 7.11 Å². The Bertz CT molecular complexity index is 345. The molecule has 78 valence electrons. The second-order valence-corrected chi connectivity index (χ2v) is 3.70. The minimum absolute atomic E-state index is 0.00231. The van der Waals surface area contributed by atoms with Crippen molar-refractivity contribution < 1.29 is 14.2 Å². The second kappa shape index (κ2) is 3.46. The van der Waals surface area contributed by atoms with Crippen LogP contribution in [0.1, 0.15) is 19.4 Å². The van der Waals surface area contributed by atoms with E-state index in [1.54, 1.807) is 19.9 Å². The van der Waals surface area contributed by atoms with Crippen molar-refractivity contribution in [2.45, 2.75) is 19.4 Å². The van der Waals surface area contributed by atoms with E-state index >= 15 is 0 Å². The van der Waals surface area contributed by atoms with Crippen LogP contribution in [0.25, 0.3) is 0 Å². The fraction of sp³-hybridized carbons (Fsp3) is 0.400. The predicted molar refractivity (Wildman–Crippen MR) is 51.8 cm³/mol. The van der Waals surface area contributed by atoms with Gasteiger partial charge in [-0.3, -0.25) is 0 Å². The zero-order chi connectivity index (χ0) is 10.9. The van der Waals surface area contributed by atoms with Gasteiger partial charge in [-0.1, -0.05) is 0 Å². The van der Waals surface area contributed by atoms with Gasteiger partial charge in [-0.2, -0.15) is 4.39 Å². The van der Waals surface area contributed by atoms with Crippen molar-refractivity contribution in [1.82, 2.24) is 0 Å². The highest BCUT2D eigenvalue weighted by Gasteiger charge is 2.23. The van der Waals surface area contributed by atoms with Crippen LogP contribution in [0, 0.1) is 5.82 Å². The van der Waals surface area contributed by atoms with E-state index in [1.807, 2.05) is 0 Å². The molecule has 0 unspecified atom stereocenters. The highest BCUT2D eigenvalue weighted by Crippen LogP contribution is 2.34. The molecule has 0 aliphatic carbocycles. The number of hydrogen-bond donors (Lipinski definition) is 2. The summed E-state index contributed by atoms with van der Waals surface area (Å²) in [5.41, 5.74) is 5.64. The largest absolute Gasteiger partial charge is 0.505 e. The van der Waals surface area contributed by atoms with Crippen LogP contribution in [-0.4, -0.2) is 12.2 Å². The Balaban J connectivity index is 3.39. The van der Waals surface area contributed by atoms with Crippen molar-refractivity contribution in [2.24, 2.45) is 5.73 Å². The molecule has 0 aliphatic heterocycles. The maximum absolute atomic E-state index is 13.4. The monoisotopic (exact) mass is 199 g/mol. The van der Waals surface area contributed by atoms with Gasteiger partial charge >= 0.3 is 0 Å². The summed E-state index contributed by atoms with van der Waals surface area (Å²) in [7, 11) is 1.34. The summed E-state index contributed by atoms with van der Waals surface area (Å²) in [6.45, 7) is 3.47. The molecule has 0 aromatic heterocycles. The highest BCUT2D eigenvalue weighted by atomic mass is 19.1. The number of rotatable bonds is 2. The lowest BCUT2D eigenvalue weighted by molar-refractivity contribution is 0.350. The van der Waals surface area contributed by atoms with Gasteiger partial charge in [0.2, 0.25) is 5.82 Å². The van der Waals surface area contributed by atoms with Crippen LogP contribution in [0.2, 0.25) is 0 Å². The maximum Gasteiger partial charge on any atom is 0.206 e. The van der Waals surface area contributed by atoms with Gasteiger partial charge in [0.05, 0.1) is 7.11 Å². The lowest BCUT2D eigenvalue weighted by Gasteiger charge is -2.22. The molecule has 0 aliphatic rings. The van der Waals surface area contributed by atoms with E-state index < -0.39 is 17.1 Å². The van der Waals surface area contributed by atoms with E-state index in [0.717, 1.165) is 0 Å². The molecule has 0 spiro atoms. The molecule has 0 atom stereocenters. The molecule has 14 heavy (non-hydrogen) atoms. The predicted octanol–water partition coefficient (Wildman–Crippen LogP) is 1.73. The van der Waals surface area contributed by atoms with Gasteiger partial charge in [-0.15, -0.1) is 0 Å². The number of benzene rings is 1. The van der Waals surface area contributed by atoms with Crippen LogP contribution in [0.4, 0.5) is 4.39 Å². The van der Waals surface area contributed by atoms with Gasteiger partial charge < -0.3 is 15.6 Å². The zero-order valence-electron chi connectivity index (χ0n) is 8.47. The van der Waals surface area contributed by atoms with Crippen molar-refractivity contribution in [3.8, 4) is 11.5 Å². The van der Waals surface area contributed by atoms with Crippen molar-refractivity contribution in [3.05, 3.63) is 23.5 Å². The van der Waals surface area contributed by atoms with Gasteiger partial charge in [0.25, 0.3) is 0 Å². The molecule has 0 heterocycles. The Morgan fingerprint density at radius 3 is 2.43 bits per heavy atom. The molecule has 0 radical (unpaired) electrons. The quantitative estimate of drug-likeness (QED) is 0.762. The third kappa shape index (κ3) is 1.80. The molecule has 0 fully saturated rings. The van der Waals surface area contributed by atoms with E-state index in [-0.39, 0.29) is 5.75 Å². The van der Waals surface area contributed by atoms with Gasteiger partial charge in [0.1, 0.15) is 0 Å². The molecule has 1 rings (SSSR count). The summed E-state index contributed by atoms with van der Waals surface area (Å²) in [5.74, 6) is -1.21. The Labute approximate surface area is 82.3 Å². The van der Waals surface area contributed by atoms with E-state index in [1.165, 1.54) is 13.2 Å². The summed E-state index contributed by atoms with van der Waals surface area (Å²) in [4.78, 5) is 0. The van der Waals surface area contributed by atoms with Crippen LogP contribution < -0.4 is 10.5 Å². The molecule has 0 bridgehead atoms. The van der Waals surface area contributed by atoms with E-state index in [2.05, 4.69) is 0 Å². The number of hydrogen-bond acceptors (Lipinski definition) is 3. The molecular formula is C10H14FNO2. The molecule has 3 N–H and O–H groups in total. The molecule has 0 saturated heterocycles. The minimum Gasteiger partial charge on any atom is -0.505 e. The lowest BCUT2D eigenvalue weighted by atomic mass is 9.94. The summed E-state index contributed by atoms with van der Waals surface area (Å²) in [5, 5.41) is 9.13. The molecule has 0 saturated carbocycles. The first kappa shape index (κ1) is 10.8. The average Bonchev–Trinajstić information content (AvgIpc) is 2.07. The maximum atomic E-state index is 13.4. The first-order valence-corrected chi connectivity index (χ1v) is 4.22. The Hall–Kier alpha value is -1.29. The van der Waals surface area contributed by atoms with Crippen LogP contribution in [0.5, 0.6) is 11.5 Å². The van der Waals surface area contributed by atoms with Gasteiger partial charge in [0.15, 0.2) is 11.5 Å². The van der Waals surface area contributed by atoms with Crippen LogP contribution >= 0.6 is 0 Å². The number of nitrogens with two attached hydrogens (primary N) is 1. The van der Waals surface area contributed by atoms with Crippen LogP contribution in [0.3, 0.4) is 0 Å². The SMILES string of the molecule is COc1c(C(C)(C)N)ccc(O)c1F. The zero-order valence-corrected chi connectivity index (χ0v) is 8.47. The lowest BCUT2D eigenvalue weighted by Crippen LogP contribution is -2.29. The Morgan fingerprint density at radius 2 is 2.00 bits per heavy atom. The fourth-order valence-electron chi connectivity index (χ4n) is 1.25. The molecule has 3 nitrogen and oxygen atoms in total. The van der Waals surface area contributed by atoms with Crippen molar-refractivity contribution in [3.63, 3.8) is 0 Å². The standard InChI is InChI=1S/C10H14FNO2/c1-10(2,12)6-4-5-7(13)8(11)9(6)14-3/h4-5,13H,12H2,1-3H3. The van der Waals surface area contributed by atoms with E-state index in [9.17, 15) is 4.39 Å². The van der Waals surface area contributed by atoms with Gasteiger partial charge in [-0.25, -0.2) is 0 Å². The van der Waals surface area contributed by atoms with Crippen LogP contribution in [0.15, 0.2) is 12.1 Å². The summed E-state index contributed by atoms with van der Waals surface area (Å²) in [6.07, 6.45) is 0. The third-order valence-corrected chi connectivity index (χ3v) is 1.98. The fourth-order valence-corrected chi connectivity index (χ4v) is 1.25. The number of phenolic OH excluding ortho intramolecular Hbond substituents is 1. The molecule has 1 aromatic rings. The van der Waals surface area contributed by atoms with Crippen LogP contribution in [-0.2, 0) is 5.54 Å². The number of aromatic hydroxyl groups is 1. The number of phenols is 1. The van der Waals surface area contributed by atoms with Crippen molar-refractivity contribution >= 4 is 0 Å². The molecule has 1 aromatic carbocycles. The van der Waals surface area contributed by atoms with Crippen molar-refractivity contribution in [1.29, 1.82) is 0 Å². The normalized spacial score (nSPS) is 11.5. The molecular weight excluding hydrogens is 185 g/mol. The van der Waals surface area contributed by atoms with E-state index in [0.29, 0.717) is 5.56 Å². The summed E-state index contributed by atoms with van der Waals surface area (Å²) >= 11 is 0. The average molecular weight is 199 g/mol. The summed E-state index contributed by atoms with van der Waals surface area (Å²) < 4.78 is 18.2.